The number of carbonyl (C=O) groups is 1. The second-order valence-electron chi connectivity index (χ2n) is 7.11. The Hall–Kier alpha value is -2.80. The van der Waals surface area contributed by atoms with Gasteiger partial charge in [0.25, 0.3) is 0 Å². The van der Waals surface area contributed by atoms with Gasteiger partial charge in [0.15, 0.2) is 5.76 Å². The summed E-state index contributed by atoms with van der Waals surface area (Å²) < 4.78 is 16.7. The first kappa shape index (κ1) is 20.9. The zero-order valence-corrected chi connectivity index (χ0v) is 16.4. The molecule has 0 bridgehead atoms. The van der Waals surface area contributed by atoms with Crippen LogP contribution in [-0.2, 0) is 16.1 Å². The second-order valence-corrected chi connectivity index (χ2v) is 7.11. The van der Waals surface area contributed by atoms with Gasteiger partial charge in [0.2, 0.25) is 11.2 Å². The quantitative estimate of drug-likeness (QED) is 0.653. The lowest BCUT2D eigenvalue weighted by atomic mass is 9.92. The molecule has 7 heteroatoms. The van der Waals surface area contributed by atoms with Gasteiger partial charge in [-0.25, -0.2) is 0 Å². The van der Waals surface area contributed by atoms with Crippen molar-refractivity contribution in [3.63, 3.8) is 0 Å². The van der Waals surface area contributed by atoms with Gasteiger partial charge < -0.3 is 24.1 Å². The Morgan fingerprint density at radius 3 is 2.72 bits per heavy atom. The van der Waals surface area contributed by atoms with Crippen molar-refractivity contribution in [3.8, 4) is 11.5 Å². The fourth-order valence-corrected chi connectivity index (χ4v) is 3.62. The number of ether oxygens (including phenoxy) is 2. The molecule has 1 aliphatic rings. The van der Waals surface area contributed by atoms with E-state index in [-0.39, 0.29) is 30.7 Å². The van der Waals surface area contributed by atoms with E-state index in [2.05, 4.69) is 0 Å². The Morgan fingerprint density at radius 2 is 2.03 bits per heavy atom. The smallest absolute Gasteiger partial charge is 0.306 e. The lowest BCUT2D eigenvalue weighted by Crippen LogP contribution is -2.15. The normalized spacial score (nSPS) is 15.2. The van der Waals surface area contributed by atoms with Gasteiger partial charge in [-0.05, 0) is 50.3 Å². The van der Waals surface area contributed by atoms with E-state index in [4.69, 9.17) is 13.9 Å². The van der Waals surface area contributed by atoms with Crippen LogP contribution in [0.3, 0.4) is 0 Å². The zero-order valence-electron chi connectivity index (χ0n) is 16.4. The summed E-state index contributed by atoms with van der Waals surface area (Å²) in [6.07, 6.45) is 4.32. The Bertz CT molecular complexity index is 896. The maximum atomic E-state index is 12.2. The van der Waals surface area contributed by atoms with Crippen molar-refractivity contribution in [1.29, 1.82) is 0 Å². The van der Waals surface area contributed by atoms with Crippen molar-refractivity contribution in [1.82, 2.24) is 0 Å². The molecule has 29 heavy (non-hydrogen) atoms. The highest BCUT2D eigenvalue weighted by atomic mass is 16.5. The molecule has 1 atom stereocenters. The molecule has 3 rings (SSSR count). The third-order valence-corrected chi connectivity index (χ3v) is 5.01. The van der Waals surface area contributed by atoms with E-state index in [9.17, 15) is 19.8 Å². The van der Waals surface area contributed by atoms with Crippen LogP contribution >= 0.6 is 0 Å². The predicted molar refractivity (Wildman–Crippen MR) is 105 cm³/mol. The van der Waals surface area contributed by atoms with Crippen molar-refractivity contribution in [2.24, 2.45) is 0 Å². The van der Waals surface area contributed by atoms with Gasteiger partial charge in [-0.2, -0.15) is 0 Å². The number of aliphatic hydroxyl groups excluding tert-OH is 1. The minimum Gasteiger partial charge on any atom is -0.502 e. The molecule has 0 radical (unpaired) electrons. The first-order valence-corrected chi connectivity index (χ1v) is 9.90. The number of rotatable bonds is 8. The number of aliphatic hydroxyl groups is 1. The summed E-state index contributed by atoms with van der Waals surface area (Å²) in [5, 5.41) is 19.7. The summed E-state index contributed by atoms with van der Waals surface area (Å²) in [6, 6.07) is 8.22. The van der Waals surface area contributed by atoms with E-state index in [0.29, 0.717) is 11.3 Å². The summed E-state index contributed by atoms with van der Waals surface area (Å²) in [4.78, 5) is 24.3. The largest absolute Gasteiger partial charge is 0.502 e. The molecule has 1 heterocycles. The van der Waals surface area contributed by atoms with Crippen LogP contribution in [0, 0.1) is 0 Å². The summed E-state index contributed by atoms with van der Waals surface area (Å²) in [5.41, 5.74) is -0.0374. The number of carbonyl (C=O) groups excluding carboxylic acids is 1. The number of hydrogen-bond acceptors (Lipinski definition) is 7. The SMILES string of the molecule is CCOC(=O)C[C@@H](c1cccc(OC2CCCC2)c1)c1oc(CO)cc(=O)c1O. The third-order valence-electron chi connectivity index (χ3n) is 5.01. The summed E-state index contributed by atoms with van der Waals surface area (Å²) in [6.45, 7) is 1.41. The van der Waals surface area contributed by atoms with Crippen molar-refractivity contribution in [2.75, 3.05) is 6.61 Å². The van der Waals surface area contributed by atoms with E-state index in [1.54, 1.807) is 25.1 Å². The molecular weight excluding hydrogens is 376 g/mol. The van der Waals surface area contributed by atoms with Gasteiger partial charge in [0.05, 0.1) is 25.0 Å². The lowest BCUT2D eigenvalue weighted by Gasteiger charge is -2.19. The first-order chi connectivity index (χ1) is 14.0. The van der Waals surface area contributed by atoms with Crippen molar-refractivity contribution in [3.05, 3.63) is 57.6 Å². The molecule has 0 unspecified atom stereocenters. The highest BCUT2D eigenvalue weighted by molar-refractivity contribution is 5.71. The maximum absolute atomic E-state index is 12.2. The summed E-state index contributed by atoms with van der Waals surface area (Å²) in [5.74, 6) is -1.25. The van der Waals surface area contributed by atoms with Gasteiger partial charge in [0.1, 0.15) is 18.1 Å². The number of aromatic hydroxyl groups is 1. The van der Waals surface area contributed by atoms with Gasteiger partial charge in [-0.3, -0.25) is 9.59 Å². The topological polar surface area (TPSA) is 106 Å². The Morgan fingerprint density at radius 1 is 1.28 bits per heavy atom. The van der Waals surface area contributed by atoms with Crippen LogP contribution in [0.5, 0.6) is 11.5 Å². The van der Waals surface area contributed by atoms with E-state index in [1.807, 2.05) is 6.07 Å². The molecular formula is C22H26O7. The van der Waals surface area contributed by atoms with Crippen LogP contribution in [0.4, 0.5) is 0 Å². The molecule has 1 saturated carbocycles. The fraction of sp³-hybridized carbons (Fsp3) is 0.455. The number of esters is 1. The minimum absolute atomic E-state index is 0.00928. The molecule has 7 nitrogen and oxygen atoms in total. The fourth-order valence-electron chi connectivity index (χ4n) is 3.62. The van der Waals surface area contributed by atoms with E-state index in [1.165, 1.54) is 0 Å². The van der Waals surface area contributed by atoms with Gasteiger partial charge in [0, 0.05) is 6.07 Å². The second kappa shape index (κ2) is 9.60. The Balaban J connectivity index is 1.99. The molecule has 0 amide bonds. The third kappa shape index (κ3) is 5.17. The van der Waals surface area contributed by atoms with Gasteiger partial charge in [-0.15, -0.1) is 0 Å². The van der Waals surface area contributed by atoms with Gasteiger partial charge in [-0.1, -0.05) is 12.1 Å². The average molecular weight is 402 g/mol. The maximum Gasteiger partial charge on any atom is 0.306 e. The molecule has 1 aliphatic carbocycles. The van der Waals surface area contributed by atoms with E-state index >= 15 is 0 Å². The van der Waals surface area contributed by atoms with Gasteiger partial charge >= 0.3 is 5.97 Å². The Labute approximate surface area is 168 Å². The molecule has 156 valence electrons. The minimum atomic E-state index is -0.764. The van der Waals surface area contributed by atoms with Crippen LogP contribution in [0.1, 0.15) is 62.0 Å². The monoisotopic (exact) mass is 402 g/mol. The number of benzene rings is 1. The molecule has 1 fully saturated rings. The van der Waals surface area contributed by atoms with E-state index in [0.717, 1.165) is 31.7 Å². The summed E-state index contributed by atoms with van der Waals surface area (Å²) >= 11 is 0. The molecule has 2 N–H and O–H groups in total. The molecule has 0 spiro atoms. The highest BCUT2D eigenvalue weighted by Gasteiger charge is 2.27. The van der Waals surface area contributed by atoms with E-state index < -0.39 is 29.7 Å². The zero-order chi connectivity index (χ0) is 20.8. The number of hydrogen-bond donors (Lipinski definition) is 2. The molecule has 2 aromatic rings. The van der Waals surface area contributed by atoms with Crippen molar-refractivity contribution < 1.29 is 28.9 Å². The van der Waals surface area contributed by atoms with Crippen LogP contribution in [-0.4, -0.2) is 28.9 Å². The summed E-state index contributed by atoms with van der Waals surface area (Å²) in [7, 11) is 0. The Kier molecular flexibility index (Phi) is 6.93. The van der Waals surface area contributed by atoms with Crippen molar-refractivity contribution in [2.45, 2.75) is 57.7 Å². The standard InChI is InChI=1S/C22H26O7/c1-2-27-20(25)12-18(22-21(26)19(24)11-17(13-23)29-22)14-6-5-9-16(10-14)28-15-7-3-4-8-15/h5-6,9-11,15,18,23,26H,2-4,7-8,12-13H2,1H3/t18-/m0/s1. The molecule has 1 aromatic carbocycles. The molecule has 1 aromatic heterocycles. The van der Waals surface area contributed by atoms with Crippen LogP contribution < -0.4 is 10.2 Å². The van der Waals surface area contributed by atoms with Crippen LogP contribution in [0.15, 0.2) is 39.5 Å². The predicted octanol–water partition coefficient (Wildman–Crippen LogP) is 3.24. The molecule has 0 aliphatic heterocycles. The van der Waals surface area contributed by atoms with Crippen LogP contribution in [0.25, 0.3) is 0 Å². The first-order valence-electron chi connectivity index (χ1n) is 9.90. The average Bonchev–Trinajstić information content (AvgIpc) is 3.22. The highest BCUT2D eigenvalue weighted by Crippen LogP contribution is 2.35. The van der Waals surface area contributed by atoms with Crippen molar-refractivity contribution >= 4 is 5.97 Å². The lowest BCUT2D eigenvalue weighted by molar-refractivity contribution is -0.143. The molecule has 0 saturated heterocycles. The van der Waals surface area contributed by atoms with Crippen LogP contribution in [0.2, 0.25) is 0 Å².